The zero-order valence-corrected chi connectivity index (χ0v) is 11.8. The molecule has 1 rings (SSSR count). The van der Waals surface area contributed by atoms with Crippen molar-refractivity contribution >= 4 is 0 Å². The first-order valence-electron chi connectivity index (χ1n) is 7.38. The van der Waals surface area contributed by atoms with E-state index in [0.29, 0.717) is 0 Å². The summed E-state index contributed by atoms with van der Waals surface area (Å²) in [5, 5.41) is 9.75. The molecule has 114 valence electrons. The minimum absolute atomic E-state index is 0.0189. The molecule has 0 aromatic rings. The van der Waals surface area contributed by atoms with Gasteiger partial charge in [-0.15, -0.1) is 0 Å². The molecule has 0 aromatic carbocycles. The number of rotatable bonds is 7. The molecule has 3 atom stereocenters. The smallest absolute Gasteiger partial charge is 0.273 e. The molecule has 5 N–H and O–H groups in total. The van der Waals surface area contributed by atoms with Gasteiger partial charge in [-0.3, -0.25) is 0 Å². The molecule has 0 radical (unpaired) electrons. The van der Waals surface area contributed by atoms with Crippen LogP contribution in [0.2, 0.25) is 0 Å². The molecular formula is C14H28F2N2O. The Bertz CT molecular complexity index is 258. The molecule has 5 heteroatoms. The zero-order valence-electron chi connectivity index (χ0n) is 11.8. The van der Waals surface area contributed by atoms with Crippen molar-refractivity contribution in [2.45, 2.75) is 69.9 Å². The standard InChI is InChI=1S/C14H28F2N2O/c1-10(9-17)8-14(15,16)13(19)7-12(18)11-5-3-2-4-6-11/h10-13,19H,2-9,17-18H2,1H3. The highest BCUT2D eigenvalue weighted by Gasteiger charge is 2.40. The van der Waals surface area contributed by atoms with Gasteiger partial charge in [0.25, 0.3) is 5.92 Å². The predicted octanol–water partition coefficient (Wildman–Crippen LogP) is 2.27. The maximum Gasteiger partial charge on any atom is 0.273 e. The Morgan fingerprint density at radius 3 is 2.37 bits per heavy atom. The first kappa shape index (κ1) is 16.8. The first-order valence-corrected chi connectivity index (χ1v) is 7.38. The molecule has 0 heterocycles. The normalized spacial score (nSPS) is 23.1. The first-order chi connectivity index (χ1) is 8.86. The number of halogens is 2. The lowest BCUT2D eigenvalue weighted by atomic mass is 9.81. The van der Waals surface area contributed by atoms with Crippen molar-refractivity contribution in [2.24, 2.45) is 23.3 Å². The second-order valence-electron chi connectivity index (χ2n) is 6.12. The largest absolute Gasteiger partial charge is 0.387 e. The number of hydrogen-bond donors (Lipinski definition) is 3. The third-order valence-corrected chi connectivity index (χ3v) is 4.26. The Balaban J connectivity index is 2.45. The lowest BCUT2D eigenvalue weighted by Gasteiger charge is -2.32. The fourth-order valence-electron chi connectivity index (χ4n) is 2.87. The van der Waals surface area contributed by atoms with Gasteiger partial charge in [0.15, 0.2) is 0 Å². The second-order valence-corrected chi connectivity index (χ2v) is 6.12. The van der Waals surface area contributed by atoms with Crippen LogP contribution in [0.1, 0.15) is 51.9 Å². The Labute approximate surface area is 114 Å². The lowest BCUT2D eigenvalue weighted by molar-refractivity contribution is -0.126. The molecule has 1 aliphatic rings. The Morgan fingerprint density at radius 1 is 1.26 bits per heavy atom. The fraction of sp³-hybridized carbons (Fsp3) is 1.00. The SMILES string of the molecule is CC(CN)CC(F)(F)C(O)CC(N)C1CCCCC1. The molecule has 3 unspecified atom stereocenters. The van der Waals surface area contributed by atoms with E-state index >= 15 is 0 Å². The zero-order chi connectivity index (χ0) is 14.5. The van der Waals surface area contributed by atoms with Crippen molar-refractivity contribution in [3.63, 3.8) is 0 Å². The van der Waals surface area contributed by atoms with Crippen molar-refractivity contribution in [1.29, 1.82) is 0 Å². The van der Waals surface area contributed by atoms with Gasteiger partial charge in [0, 0.05) is 12.5 Å². The number of aliphatic hydroxyl groups is 1. The van der Waals surface area contributed by atoms with Crippen LogP contribution < -0.4 is 11.5 Å². The van der Waals surface area contributed by atoms with Gasteiger partial charge in [0.1, 0.15) is 6.10 Å². The van der Waals surface area contributed by atoms with Crippen LogP contribution in [0, 0.1) is 11.8 Å². The average Bonchev–Trinajstić information content (AvgIpc) is 2.39. The molecule has 1 saturated carbocycles. The molecule has 0 saturated heterocycles. The molecule has 0 aliphatic heterocycles. The third kappa shape index (κ3) is 5.32. The Hall–Kier alpha value is -0.260. The molecule has 3 nitrogen and oxygen atoms in total. The molecule has 19 heavy (non-hydrogen) atoms. The van der Waals surface area contributed by atoms with Crippen LogP contribution in [-0.4, -0.2) is 29.7 Å². The highest BCUT2D eigenvalue weighted by atomic mass is 19.3. The van der Waals surface area contributed by atoms with Crippen LogP contribution in [-0.2, 0) is 0 Å². The summed E-state index contributed by atoms with van der Waals surface area (Å²) in [4.78, 5) is 0. The van der Waals surface area contributed by atoms with E-state index in [1.54, 1.807) is 6.92 Å². The highest BCUT2D eigenvalue weighted by molar-refractivity contribution is 4.85. The van der Waals surface area contributed by atoms with Crippen molar-refractivity contribution < 1.29 is 13.9 Å². The van der Waals surface area contributed by atoms with E-state index in [1.165, 1.54) is 6.42 Å². The van der Waals surface area contributed by atoms with E-state index in [2.05, 4.69) is 0 Å². The molecule has 0 bridgehead atoms. The summed E-state index contributed by atoms with van der Waals surface area (Å²) >= 11 is 0. The maximum absolute atomic E-state index is 13.8. The van der Waals surface area contributed by atoms with Gasteiger partial charge in [0.05, 0.1) is 0 Å². The summed E-state index contributed by atoms with van der Waals surface area (Å²) in [6.45, 7) is 1.87. The Kier molecular flexibility index (Phi) is 6.63. The van der Waals surface area contributed by atoms with Crippen LogP contribution in [0.4, 0.5) is 8.78 Å². The number of aliphatic hydroxyl groups excluding tert-OH is 1. The van der Waals surface area contributed by atoms with Gasteiger partial charge in [-0.1, -0.05) is 26.2 Å². The van der Waals surface area contributed by atoms with E-state index < -0.39 is 12.0 Å². The molecule has 0 aromatic heterocycles. The maximum atomic E-state index is 13.8. The molecule has 0 spiro atoms. The number of alkyl halides is 2. The van der Waals surface area contributed by atoms with Gasteiger partial charge in [-0.2, -0.15) is 0 Å². The lowest BCUT2D eigenvalue weighted by Crippen LogP contribution is -2.43. The van der Waals surface area contributed by atoms with Crippen molar-refractivity contribution in [3.05, 3.63) is 0 Å². The fourth-order valence-corrected chi connectivity index (χ4v) is 2.87. The predicted molar refractivity (Wildman–Crippen MR) is 73.0 cm³/mol. The van der Waals surface area contributed by atoms with E-state index in [4.69, 9.17) is 11.5 Å². The topological polar surface area (TPSA) is 72.3 Å². The Morgan fingerprint density at radius 2 is 1.84 bits per heavy atom. The molecule has 1 fully saturated rings. The van der Waals surface area contributed by atoms with Crippen LogP contribution in [0.15, 0.2) is 0 Å². The van der Waals surface area contributed by atoms with Crippen LogP contribution in [0.3, 0.4) is 0 Å². The summed E-state index contributed by atoms with van der Waals surface area (Å²) in [6.07, 6.45) is 3.40. The minimum atomic E-state index is -3.09. The van der Waals surface area contributed by atoms with Crippen molar-refractivity contribution in [2.75, 3.05) is 6.54 Å². The second kappa shape index (κ2) is 7.50. The summed E-state index contributed by atoms with van der Waals surface area (Å²) in [6, 6.07) is -0.325. The van der Waals surface area contributed by atoms with Crippen molar-refractivity contribution in [1.82, 2.24) is 0 Å². The van der Waals surface area contributed by atoms with Crippen LogP contribution >= 0.6 is 0 Å². The summed E-state index contributed by atoms with van der Waals surface area (Å²) in [5.74, 6) is -3.10. The van der Waals surface area contributed by atoms with Gasteiger partial charge in [-0.25, -0.2) is 8.78 Å². The average molecular weight is 278 g/mol. The van der Waals surface area contributed by atoms with Crippen LogP contribution in [0.25, 0.3) is 0 Å². The van der Waals surface area contributed by atoms with Gasteiger partial charge >= 0.3 is 0 Å². The minimum Gasteiger partial charge on any atom is -0.387 e. The highest BCUT2D eigenvalue weighted by Crippen LogP contribution is 2.32. The molecule has 0 amide bonds. The van der Waals surface area contributed by atoms with Gasteiger partial charge in [-0.05, 0) is 37.6 Å². The summed E-state index contributed by atoms with van der Waals surface area (Å²) in [7, 11) is 0. The molecular weight excluding hydrogens is 250 g/mol. The number of hydrogen-bond acceptors (Lipinski definition) is 3. The molecule has 1 aliphatic carbocycles. The van der Waals surface area contributed by atoms with E-state index in [-0.39, 0.29) is 37.3 Å². The summed E-state index contributed by atoms with van der Waals surface area (Å²) < 4.78 is 27.6. The van der Waals surface area contributed by atoms with E-state index in [0.717, 1.165) is 25.7 Å². The monoisotopic (exact) mass is 278 g/mol. The summed E-state index contributed by atoms with van der Waals surface area (Å²) in [5.41, 5.74) is 11.3. The van der Waals surface area contributed by atoms with E-state index in [1.807, 2.05) is 0 Å². The number of nitrogens with two attached hydrogens (primary N) is 2. The van der Waals surface area contributed by atoms with Crippen molar-refractivity contribution in [3.8, 4) is 0 Å². The van der Waals surface area contributed by atoms with Gasteiger partial charge < -0.3 is 16.6 Å². The third-order valence-electron chi connectivity index (χ3n) is 4.26. The van der Waals surface area contributed by atoms with Gasteiger partial charge in [0.2, 0.25) is 0 Å². The van der Waals surface area contributed by atoms with Crippen LogP contribution in [0.5, 0.6) is 0 Å². The quantitative estimate of drug-likeness (QED) is 0.669. The van der Waals surface area contributed by atoms with E-state index in [9.17, 15) is 13.9 Å².